The van der Waals surface area contributed by atoms with Crippen LogP contribution < -0.4 is 10.7 Å². The molecule has 5 atom stereocenters. The van der Waals surface area contributed by atoms with Crippen LogP contribution in [0.2, 0.25) is 0 Å². The minimum absolute atomic E-state index is 0.0935. The van der Waals surface area contributed by atoms with Crippen LogP contribution >= 0.6 is 11.8 Å². The fourth-order valence-corrected chi connectivity index (χ4v) is 9.71. The molecule has 4 N–H and O–H groups in total. The second-order valence-corrected chi connectivity index (χ2v) is 19.4. The Bertz CT molecular complexity index is 2250. The zero-order chi connectivity index (χ0) is 46.0. The van der Waals surface area contributed by atoms with Crippen molar-refractivity contribution in [1.29, 1.82) is 0 Å². The van der Waals surface area contributed by atoms with Gasteiger partial charge in [0.05, 0.1) is 44.0 Å². The molecule has 6 rings (SSSR count). The number of likely N-dealkylation sites (N-methyl/N-ethyl adjacent to an activating group) is 1. The highest BCUT2D eigenvalue weighted by Gasteiger charge is 2.38. The fraction of sp³-hybridized carbons (Fsp3) is 0.571. The van der Waals surface area contributed by atoms with E-state index in [0.29, 0.717) is 51.7 Å². The number of nitrogens with one attached hydrogen (secondary N) is 2. The summed E-state index contributed by atoms with van der Waals surface area (Å²) in [5, 5.41) is 27.7. The quantitative estimate of drug-likeness (QED) is 0.108. The summed E-state index contributed by atoms with van der Waals surface area (Å²) in [5.41, 5.74) is 9.86. The zero-order valence-corrected chi connectivity index (χ0v) is 39.5. The number of amides is 3. The number of hydrogen-bond acceptors (Lipinski definition) is 11. The zero-order valence-electron chi connectivity index (χ0n) is 38.7. The molecule has 3 aromatic rings. The van der Waals surface area contributed by atoms with Crippen LogP contribution in [0.25, 0.3) is 27.7 Å². The minimum atomic E-state index is -1.21. The highest BCUT2D eigenvalue weighted by Crippen LogP contribution is 2.41. The SMILES string of the molecule is CCn1c(-c2cnccc2CO)c2c3cc(ccc31)C1=CC=CC(C1)C[C@H](NC(=O)[C@H](C(C)C)N(C)C(=O)CCN=C=NCCCSC)C(=O)N1CCC[C@H](N1)C(O)OCC(C)(C)C2. The van der Waals surface area contributed by atoms with Gasteiger partial charge in [-0.2, -0.15) is 11.8 Å². The van der Waals surface area contributed by atoms with Crippen molar-refractivity contribution in [3.8, 4) is 11.3 Å². The normalized spacial score (nSPS) is 21.8. The Morgan fingerprint density at radius 2 is 2.00 bits per heavy atom. The number of fused-ring (bicyclic) bond motifs is 6. The van der Waals surface area contributed by atoms with Gasteiger partial charge in [0.25, 0.3) is 5.91 Å². The maximum absolute atomic E-state index is 14.7. The molecule has 1 aliphatic carbocycles. The van der Waals surface area contributed by atoms with Crippen LogP contribution in [0.5, 0.6) is 0 Å². The van der Waals surface area contributed by atoms with Gasteiger partial charge in [-0.15, -0.1) is 0 Å². The molecule has 0 spiro atoms. The average molecular weight is 897 g/mol. The number of hydrazine groups is 1. The van der Waals surface area contributed by atoms with Crippen LogP contribution in [0.3, 0.4) is 0 Å². The number of aliphatic hydroxyl groups is 2. The lowest BCUT2D eigenvalue weighted by Crippen LogP contribution is -2.62. The van der Waals surface area contributed by atoms with Crippen molar-refractivity contribution >= 4 is 52.0 Å². The molecule has 346 valence electrons. The van der Waals surface area contributed by atoms with Crippen molar-refractivity contribution in [1.82, 2.24) is 30.2 Å². The molecule has 0 saturated carbocycles. The van der Waals surface area contributed by atoms with Gasteiger partial charge in [0, 0.05) is 55.4 Å². The summed E-state index contributed by atoms with van der Waals surface area (Å²) in [6.07, 6.45) is 14.4. The predicted molar refractivity (Wildman–Crippen MR) is 254 cm³/mol. The molecule has 3 aliphatic rings. The molecular formula is C49H68N8O6S. The number of carbonyl (C=O) groups excluding carboxylic acids is 3. The lowest BCUT2D eigenvalue weighted by molar-refractivity contribution is -0.164. The number of aliphatic imine (C=N–C) groups is 2. The topological polar surface area (TPSA) is 174 Å². The van der Waals surface area contributed by atoms with E-state index in [2.05, 4.69) is 87.4 Å². The molecule has 1 fully saturated rings. The molecule has 14 nitrogen and oxygen atoms in total. The number of aromatic nitrogens is 2. The summed E-state index contributed by atoms with van der Waals surface area (Å²) in [6, 6.07) is 8.78. The molecule has 3 amide bonds. The molecule has 15 heteroatoms. The lowest BCUT2D eigenvalue weighted by atomic mass is 9.83. The molecule has 1 saturated heterocycles. The molecule has 0 radical (unpaired) electrons. The van der Waals surface area contributed by atoms with Crippen molar-refractivity contribution < 1.29 is 29.3 Å². The van der Waals surface area contributed by atoms with Crippen LogP contribution in [0, 0.1) is 17.3 Å². The number of thioether (sulfide) groups is 1. The van der Waals surface area contributed by atoms with Gasteiger partial charge in [0.2, 0.25) is 11.8 Å². The van der Waals surface area contributed by atoms with E-state index in [4.69, 9.17) is 4.74 Å². The summed E-state index contributed by atoms with van der Waals surface area (Å²) < 4.78 is 8.57. The fourth-order valence-electron chi connectivity index (χ4n) is 9.29. The highest BCUT2D eigenvalue weighted by atomic mass is 32.2. The summed E-state index contributed by atoms with van der Waals surface area (Å²) in [4.78, 5) is 56.8. The number of rotatable bonds is 14. The smallest absolute Gasteiger partial charge is 0.259 e. The third-order valence-electron chi connectivity index (χ3n) is 12.5. The van der Waals surface area contributed by atoms with Gasteiger partial charge in [-0.25, -0.2) is 15.4 Å². The number of carbonyl (C=O) groups is 3. The Morgan fingerprint density at radius 1 is 1.20 bits per heavy atom. The van der Waals surface area contributed by atoms with E-state index in [0.717, 1.165) is 56.6 Å². The standard InChI is InChI=1S/C49H68N8O6S/c1-8-56-42-16-15-35-26-37(42)38(45(56)39-28-50-20-17-36(39)29-58)27-49(4,5)30-63-48(62)40-14-10-22-57(54-40)47(61)41(25-33-12-9-13-34(35)24-33)53-46(60)44(32(2)3)55(6)43(59)18-21-52-31-51-19-11-23-64-7/h9,12-13,15-17,20,26,28,32-33,40-41,44,48,54,58,62H,8,10-11,14,18-19,21-25,27,29-30H2,1-7H3,(H,53,60)/t33?,40-,41-,44-,48?/m0/s1. The number of pyridine rings is 1. The first-order valence-electron chi connectivity index (χ1n) is 22.8. The molecule has 1 aromatic carbocycles. The van der Waals surface area contributed by atoms with Crippen molar-refractivity contribution in [2.24, 2.45) is 27.2 Å². The summed E-state index contributed by atoms with van der Waals surface area (Å²) in [6.45, 7) is 12.2. The number of allylic oxidation sites excluding steroid dienone is 4. The maximum Gasteiger partial charge on any atom is 0.259 e. The van der Waals surface area contributed by atoms with Crippen molar-refractivity contribution in [3.63, 3.8) is 0 Å². The third kappa shape index (κ3) is 11.8. The molecule has 64 heavy (non-hydrogen) atoms. The summed E-state index contributed by atoms with van der Waals surface area (Å²) >= 11 is 1.76. The van der Waals surface area contributed by atoms with Gasteiger partial charge in [-0.1, -0.05) is 52.0 Å². The average Bonchev–Trinajstić information content (AvgIpc) is 3.59. The first-order chi connectivity index (χ1) is 30.8. The molecule has 2 aliphatic heterocycles. The van der Waals surface area contributed by atoms with E-state index in [1.807, 2.05) is 38.4 Å². The van der Waals surface area contributed by atoms with E-state index in [1.165, 1.54) is 9.91 Å². The highest BCUT2D eigenvalue weighted by molar-refractivity contribution is 7.98. The summed E-state index contributed by atoms with van der Waals surface area (Å²) in [5.74, 6) is -0.304. The molecular weight excluding hydrogens is 829 g/mol. The monoisotopic (exact) mass is 896 g/mol. The first-order valence-corrected chi connectivity index (χ1v) is 24.2. The second kappa shape index (κ2) is 22.5. The van der Waals surface area contributed by atoms with Gasteiger partial charge < -0.3 is 29.7 Å². The van der Waals surface area contributed by atoms with Gasteiger partial charge in [-0.3, -0.25) is 24.4 Å². The van der Waals surface area contributed by atoms with Gasteiger partial charge in [-0.05, 0) is 115 Å². The van der Waals surface area contributed by atoms with Gasteiger partial charge >= 0.3 is 0 Å². The Labute approximate surface area is 382 Å². The van der Waals surface area contributed by atoms with Gasteiger partial charge in [0.1, 0.15) is 12.1 Å². The largest absolute Gasteiger partial charge is 0.392 e. The second-order valence-electron chi connectivity index (χ2n) is 18.4. The van der Waals surface area contributed by atoms with E-state index in [9.17, 15) is 24.6 Å². The number of aryl methyl sites for hydroxylation is 1. The minimum Gasteiger partial charge on any atom is -0.392 e. The van der Waals surface area contributed by atoms with Crippen LogP contribution in [0.4, 0.5) is 0 Å². The Morgan fingerprint density at radius 3 is 2.75 bits per heavy atom. The van der Waals surface area contributed by atoms with Crippen LogP contribution in [0.15, 0.2) is 64.9 Å². The van der Waals surface area contributed by atoms with Crippen LogP contribution in [-0.4, -0.2) is 123 Å². The number of ether oxygens (including phenoxy) is 1. The summed E-state index contributed by atoms with van der Waals surface area (Å²) in [7, 11) is 1.63. The molecule has 2 unspecified atom stereocenters. The Hall–Kier alpha value is -4.63. The van der Waals surface area contributed by atoms with E-state index in [-0.39, 0.29) is 49.8 Å². The Kier molecular flexibility index (Phi) is 17.2. The van der Waals surface area contributed by atoms with Crippen LogP contribution in [-0.2, 0) is 38.7 Å². The molecule has 4 heterocycles. The number of aliphatic hydroxyl groups excluding tert-OH is 2. The van der Waals surface area contributed by atoms with Crippen LogP contribution in [0.1, 0.15) is 89.8 Å². The van der Waals surface area contributed by atoms with Gasteiger partial charge in [0.15, 0.2) is 6.29 Å². The lowest BCUT2D eigenvalue weighted by Gasteiger charge is -2.39. The van der Waals surface area contributed by atoms with E-state index >= 15 is 0 Å². The molecule has 6 bridgehead atoms. The Balaban J connectivity index is 1.33. The third-order valence-corrected chi connectivity index (χ3v) is 13.2. The van der Waals surface area contributed by atoms with Crippen molar-refractivity contribution in [2.45, 2.75) is 117 Å². The van der Waals surface area contributed by atoms with Crippen molar-refractivity contribution in [3.05, 3.63) is 71.6 Å². The molecule has 2 aromatic heterocycles. The first kappa shape index (κ1) is 48.8. The number of benzene rings is 1. The predicted octanol–water partition coefficient (Wildman–Crippen LogP) is 6.26. The van der Waals surface area contributed by atoms with Crippen molar-refractivity contribution in [2.75, 3.05) is 45.3 Å². The maximum atomic E-state index is 14.7. The number of nitrogens with zero attached hydrogens (tertiary/aromatic N) is 6. The number of hydrogen-bond donors (Lipinski definition) is 4. The van der Waals surface area contributed by atoms with E-state index in [1.54, 1.807) is 25.0 Å². The van der Waals surface area contributed by atoms with E-state index < -0.39 is 35.7 Å².